The van der Waals surface area contributed by atoms with E-state index in [4.69, 9.17) is 14.7 Å². The Morgan fingerprint density at radius 1 is 1.29 bits per heavy atom. The fourth-order valence-corrected chi connectivity index (χ4v) is 2.85. The summed E-state index contributed by atoms with van der Waals surface area (Å²) in [6, 6.07) is 6.58. The minimum atomic E-state index is -1.20. The summed E-state index contributed by atoms with van der Waals surface area (Å²) < 4.78 is 10.5. The second-order valence-corrected chi connectivity index (χ2v) is 5.76. The SMILES string of the molecule is COc1cc(C#N)ccc1OCC(=O)NC1(C(=O)O)CCCCC1. The molecule has 1 aliphatic rings. The van der Waals surface area contributed by atoms with E-state index in [9.17, 15) is 14.7 Å². The van der Waals surface area contributed by atoms with Gasteiger partial charge in [-0.15, -0.1) is 0 Å². The molecule has 1 aromatic carbocycles. The molecule has 128 valence electrons. The van der Waals surface area contributed by atoms with E-state index in [0.29, 0.717) is 29.9 Å². The number of nitrogens with one attached hydrogen (secondary N) is 1. The summed E-state index contributed by atoms with van der Waals surface area (Å²) in [5.41, 5.74) is -0.788. The van der Waals surface area contributed by atoms with E-state index in [-0.39, 0.29) is 6.61 Å². The Bertz CT molecular complexity index is 659. The van der Waals surface area contributed by atoms with Gasteiger partial charge >= 0.3 is 5.97 Å². The third-order valence-electron chi connectivity index (χ3n) is 4.15. The van der Waals surface area contributed by atoms with Crippen LogP contribution in [0.25, 0.3) is 0 Å². The van der Waals surface area contributed by atoms with Gasteiger partial charge < -0.3 is 19.9 Å². The van der Waals surface area contributed by atoms with Crippen LogP contribution in [0.3, 0.4) is 0 Å². The summed E-state index contributed by atoms with van der Waals surface area (Å²) >= 11 is 0. The summed E-state index contributed by atoms with van der Waals surface area (Å²) in [6.07, 6.45) is 3.38. The average Bonchev–Trinajstić information content (AvgIpc) is 2.60. The van der Waals surface area contributed by atoms with Gasteiger partial charge in [-0.05, 0) is 25.0 Å². The maximum absolute atomic E-state index is 12.1. The number of hydrogen-bond donors (Lipinski definition) is 2. The van der Waals surface area contributed by atoms with E-state index < -0.39 is 17.4 Å². The molecule has 2 rings (SSSR count). The van der Waals surface area contributed by atoms with Gasteiger partial charge in [-0.25, -0.2) is 4.79 Å². The number of carbonyl (C=O) groups excluding carboxylic acids is 1. The lowest BCUT2D eigenvalue weighted by molar-refractivity contribution is -0.149. The van der Waals surface area contributed by atoms with Crippen molar-refractivity contribution >= 4 is 11.9 Å². The van der Waals surface area contributed by atoms with Gasteiger partial charge in [-0.3, -0.25) is 4.79 Å². The van der Waals surface area contributed by atoms with Crippen LogP contribution < -0.4 is 14.8 Å². The highest BCUT2D eigenvalue weighted by molar-refractivity contribution is 5.87. The molecule has 24 heavy (non-hydrogen) atoms. The number of benzene rings is 1. The van der Waals surface area contributed by atoms with Crippen molar-refractivity contribution in [2.45, 2.75) is 37.6 Å². The number of hydrogen-bond acceptors (Lipinski definition) is 5. The van der Waals surface area contributed by atoms with Crippen molar-refractivity contribution in [1.82, 2.24) is 5.32 Å². The van der Waals surface area contributed by atoms with E-state index >= 15 is 0 Å². The lowest BCUT2D eigenvalue weighted by atomic mass is 9.81. The molecule has 0 bridgehead atoms. The normalized spacial score (nSPS) is 15.8. The Hall–Kier alpha value is -2.75. The molecule has 1 aliphatic carbocycles. The second-order valence-electron chi connectivity index (χ2n) is 5.76. The fraction of sp³-hybridized carbons (Fsp3) is 0.471. The molecule has 7 nitrogen and oxygen atoms in total. The molecule has 2 N–H and O–H groups in total. The molecule has 1 fully saturated rings. The maximum atomic E-state index is 12.1. The molecular weight excluding hydrogens is 312 g/mol. The van der Waals surface area contributed by atoms with Crippen LogP contribution in [0, 0.1) is 11.3 Å². The molecule has 7 heteroatoms. The van der Waals surface area contributed by atoms with Crippen molar-refractivity contribution in [1.29, 1.82) is 5.26 Å². The van der Waals surface area contributed by atoms with Gasteiger partial charge in [0.2, 0.25) is 0 Å². The monoisotopic (exact) mass is 332 g/mol. The predicted octanol–water partition coefficient (Wildman–Crippen LogP) is 1.85. The van der Waals surface area contributed by atoms with Crippen LogP contribution >= 0.6 is 0 Å². The Labute approximate surface area is 140 Å². The van der Waals surface area contributed by atoms with Crippen LogP contribution in [0.2, 0.25) is 0 Å². The van der Waals surface area contributed by atoms with Crippen LogP contribution in [0.5, 0.6) is 11.5 Å². The van der Waals surface area contributed by atoms with Gasteiger partial charge in [-0.1, -0.05) is 19.3 Å². The third-order valence-corrected chi connectivity index (χ3v) is 4.15. The minimum Gasteiger partial charge on any atom is -0.493 e. The molecule has 0 radical (unpaired) electrons. The van der Waals surface area contributed by atoms with E-state index in [1.165, 1.54) is 19.2 Å². The molecule has 1 amide bonds. The lowest BCUT2D eigenvalue weighted by Crippen LogP contribution is -2.56. The maximum Gasteiger partial charge on any atom is 0.329 e. The highest BCUT2D eigenvalue weighted by atomic mass is 16.5. The standard InChI is InChI=1S/C17H20N2O5/c1-23-14-9-12(10-18)5-6-13(14)24-11-15(20)19-17(16(21)22)7-3-2-4-8-17/h5-6,9H,2-4,7-8,11H2,1H3,(H,19,20)(H,21,22). The van der Waals surface area contributed by atoms with Crippen LogP contribution in [0.1, 0.15) is 37.7 Å². The number of aliphatic carboxylic acids is 1. The summed E-state index contributed by atoms with van der Waals surface area (Å²) in [7, 11) is 1.44. The zero-order valence-electron chi connectivity index (χ0n) is 13.5. The first-order valence-corrected chi connectivity index (χ1v) is 7.76. The number of methoxy groups -OCH3 is 1. The number of carboxylic acids is 1. The first kappa shape index (κ1) is 17.6. The Kier molecular flexibility index (Phi) is 5.64. The van der Waals surface area contributed by atoms with Crippen LogP contribution in [-0.4, -0.2) is 36.2 Å². The van der Waals surface area contributed by atoms with Gasteiger partial charge in [0, 0.05) is 6.07 Å². The smallest absolute Gasteiger partial charge is 0.329 e. The molecule has 1 saturated carbocycles. The molecule has 0 aromatic heterocycles. The molecule has 0 aliphatic heterocycles. The topological polar surface area (TPSA) is 109 Å². The zero-order valence-corrected chi connectivity index (χ0v) is 13.5. The molecule has 0 heterocycles. The number of carboxylic acid groups (broad SMARTS) is 1. The van der Waals surface area contributed by atoms with Crippen molar-refractivity contribution in [2.75, 3.05) is 13.7 Å². The van der Waals surface area contributed by atoms with E-state index in [0.717, 1.165) is 19.3 Å². The Balaban J connectivity index is 2.00. The predicted molar refractivity (Wildman–Crippen MR) is 84.8 cm³/mol. The number of carbonyl (C=O) groups is 2. The van der Waals surface area contributed by atoms with Crippen molar-refractivity contribution < 1.29 is 24.2 Å². The zero-order chi connectivity index (χ0) is 17.6. The van der Waals surface area contributed by atoms with Crippen molar-refractivity contribution in [3.8, 4) is 17.6 Å². The molecule has 0 unspecified atom stereocenters. The van der Waals surface area contributed by atoms with Gasteiger partial charge in [0.1, 0.15) is 5.54 Å². The summed E-state index contributed by atoms with van der Waals surface area (Å²) in [5.74, 6) is -0.843. The van der Waals surface area contributed by atoms with E-state index in [1.54, 1.807) is 6.07 Å². The van der Waals surface area contributed by atoms with Gasteiger partial charge in [0.15, 0.2) is 18.1 Å². The summed E-state index contributed by atoms with van der Waals surface area (Å²) in [5, 5.41) is 20.9. The van der Waals surface area contributed by atoms with Crippen LogP contribution in [0.15, 0.2) is 18.2 Å². The first-order chi connectivity index (χ1) is 11.5. The lowest BCUT2D eigenvalue weighted by Gasteiger charge is -2.33. The Morgan fingerprint density at radius 3 is 2.58 bits per heavy atom. The average molecular weight is 332 g/mol. The van der Waals surface area contributed by atoms with Crippen LogP contribution in [-0.2, 0) is 9.59 Å². The number of rotatable bonds is 6. The molecule has 0 atom stereocenters. The van der Waals surface area contributed by atoms with Crippen LogP contribution in [0.4, 0.5) is 0 Å². The van der Waals surface area contributed by atoms with E-state index in [1.807, 2.05) is 6.07 Å². The van der Waals surface area contributed by atoms with Crippen molar-refractivity contribution in [2.24, 2.45) is 0 Å². The first-order valence-electron chi connectivity index (χ1n) is 7.76. The quantitative estimate of drug-likeness (QED) is 0.823. The molecule has 0 spiro atoms. The number of nitrogens with zero attached hydrogens (tertiary/aromatic N) is 1. The largest absolute Gasteiger partial charge is 0.493 e. The highest BCUT2D eigenvalue weighted by Crippen LogP contribution is 2.29. The number of nitriles is 1. The summed E-state index contributed by atoms with van der Waals surface area (Å²) in [6.45, 7) is -0.322. The second kappa shape index (κ2) is 7.68. The Morgan fingerprint density at radius 2 is 2.00 bits per heavy atom. The molecule has 1 aromatic rings. The van der Waals surface area contributed by atoms with E-state index in [2.05, 4.69) is 5.32 Å². The van der Waals surface area contributed by atoms with Gasteiger partial charge in [0.05, 0.1) is 18.7 Å². The number of ether oxygens (including phenoxy) is 2. The van der Waals surface area contributed by atoms with Crippen molar-refractivity contribution in [3.05, 3.63) is 23.8 Å². The van der Waals surface area contributed by atoms with Crippen molar-refractivity contribution in [3.63, 3.8) is 0 Å². The minimum absolute atomic E-state index is 0.319. The highest BCUT2D eigenvalue weighted by Gasteiger charge is 2.40. The van der Waals surface area contributed by atoms with Gasteiger partial charge in [0.25, 0.3) is 5.91 Å². The summed E-state index contributed by atoms with van der Waals surface area (Å²) in [4.78, 5) is 23.7. The molecule has 0 saturated heterocycles. The third kappa shape index (κ3) is 3.96. The van der Waals surface area contributed by atoms with Gasteiger partial charge in [-0.2, -0.15) is 5.26 Å². The fourth-order valence-electron chi connectivity index (χ4n) is 2.85. The number of amides is 1. The molecular formula is C17H20N2O5.